The molecule has 1 rings (SSSR count). The summed E-state index contributed by atoms with van der Waals surface area (Å²) in [5, 5.41) is 2.42. The molecular formula is C8H13ClN2O2S. The van der Waals surface area contributed by atoms with Crippen molar-refractivity contribution in [3.63, 3.8) is 0 Å². The standard InChI is InChI=1S/C8H12N2O2S.ClH/c1-3-12-8(11)6-4-13-7(10-6)5(2)9;/h4-5H,3,9H2,1-2H3;1H/t5-;/m0./s1. The van der Waals surface area contributed by atoms with Gasteiger partial charge in [0.15, 0.2) is 5.69 Å². The second kappa shape index (κ2) is 5.95. The van der Waals surface area contributed by atoms with Gasteiger partial charge in [-0.05, 0) is 13.8 Å². The molecule has 0 saturated carbocycles. The summed E-state index contributed by atoms with van der Waals surface area (Å²) in [6.07, 6.45) is 0. The van der Waals surface area contributed by atoms with Gasteiger partial charge in [-0.1, -0.05) is 0 Å². The summed E-state index contributed by atoms with van der Waals surface area (Å²) in [4.78, 5) is 15.2. The van der Waals surface area contributed by atoms with E-state index in [0.717, 1.165) is 5.01 Å². The molecular weight excluding hydrogens is 224 g/mol. The maximum atomic E-state index is 11.2. The van der Waals surface area contributed by atoms with Gasteiger partial charge in [-0.15, -0.1) is 23.7 Å². The molecule has 0 fully saturated rings. The predicted octanol–water partition coefficient (Wildman–Crippen LogP) is 1.76. The van der Waals surface area contributed by atoms with E-state index >= 15 is 0 Å². The lowest BCUT2D eigenvalue weighted by Crippen LogP contribution is -2.08. The van der Waals surface area contributed by atoms with Crippen LogP contribution in [0, 0.1) is 0 Å². The smallest absolute Gasteiger partial charge is 0.357 e. The average molecular weight is 237 g/mol. The summed E-state index contributed by atoms with van der Waals surface area (Å²) in [6.45, 7) is 3.95. The molecule has 80 valence electrons. The van der Waals surface area contributed by atoms with Gasteiger partial charge in [0.1, 0.15) is 5.01 Å². The highest BCUT2D eigenvalue weighted by Crippen LogP contribution is 2.16. The molecule has 1 heterocycles. The summed E-state index contributed by atoms with van der Waals surface area (Å²) in [6, 6.07) is -0.131. The van der Waals surface area contributed by atoms with E-state index in [9.17, 15) is 4.79 Å². The Morgan fingerprint density at radius 2 is 2.43 bits per heavy atom. The van der Waals surface area contributed by atoms with Crippen LogP contribution in [-0.2, 0) is 4.74 Å². The van der Waals surface area contributed by atoms with Gasteiger partial charge in [0.2, 0.25) is 0 Å². The number of esters is 1. The molecule has 0 aliphatic carbocycles. The van der Waals surface area contributed by atoms with Crippen molar-refractivity contribution >= 4 is 29.7 Å². The number of nitrogens with zero attached hydrogens (tertiary/aromatic N) is 1. The Hall–Kier alpha value is -0.650. The first-order valence-corrected chi connectivity index (χ1v) is 4.91. The number of hydrogen-bond donors (Lipinski definition) is 1. The first kappa shape index (κ1) is 13.4. The molecule has 0 radical (unpaired) electrons. The Kier molecular flexibility index (Phi) is 5.68. The van der Waals surface area contributed by atoms with Gasteiger partial charge in [0, 0.05) is 5.38 Å². The number of thiazole rings is 1. The number of ether oxygens (including phenoxy) is 1. The number of rotatable bonds is 3. The Morgan fingerprint density at radius 3 is 2.86 bits per heavy atom. The van der Waals surface area contributed by atoms with Crippen molar-refractivity contribution in [2.45, 2.75) is 19.9 Å². The van der Waals surface area contributed by atoms with E-state index in [1.54, 1.807) is 12.3 Å². The van der Waals surface area contributed by atoms with Gasteiger partial charge in [0.05, 0.1) is 12.6 Å². The SMILES string of the molecule is CCOC(=O)c1csc([C@H](C)N)n1.Cl. The lowest BCUT2D eigenvalue weighted by atomic mass is 10.4. The third kappa shape index (κ3) is 3.25. The van der Waals surface area contributed by atoms with Gasteiger partial charge < -0.3 is 10.5 Å². The van der Waals surface area contributed by atoms with Crippen molar-refractivity contribution in [2.24, 2.45) is 5.73 Å². The zero-order valence-corrected chi connectivity index (χ0v) is 9.65. The highest BCUT2D eigenvalue weighted by Gasteiger charge is 2.12. The molecule has 0 saturated heterocycles. The van der Waals surface area contributed by atoms with Crippen LogP contribution in [0.3, 0.4) is 0 Å². The first-order chi connectivity index (χ1) is 6.15. The van der Waals surface area contributed by atoms with Crippen molar-refractivity contribution in [3.8, 4) is 0 Å². The highest BCUT2D eigenvalue weighted by molar-refractivity contribution is 7.09. The molecule has 1 atom stereocenters. The van der Waals surface area contributed by atoms with Crippen molar-refractivity contribution in [2.75, 3.05) is 6.61 Å². The number of nitrogens with two attached hydrogens (primary N) is 1. The maximum absolute atomic E-state index is 11.2. The normalized spacial score (nSPS) is 11.6. The molecule has 6 heteroatoms. The summed E-state index contributed by atoms with van der Waals surface area (Å²) < 4.78 is 4.79. The van der Waals surface area contributed by atoms with Crippen molar-refractivity contribution in [1.29, 1.82) is 0 Å². The Morgan fingerprint density at radius 1 is 1.79 bits per heavy atom. The van der Waals surface area contributed by atoms with Crippen LogP contribution in [0.5, 0.6) is 0 Å². The van der Waals surface area contributed by atoms with Gasteiger partial charge in [0.25, 0.3) is 0 Å². The van der Waals surface area contributed by atoms with Crippen LogP contribution < -0.4 is 5.73 Å². The minimum Gasteiger partial charge on any atom is -0.461 e. The van der Waals surface area contributed by atoms with Crippen LogP contribution in [-0.4, -0.2) is 17.6 Å². The van der Waals surface area contributed by atoms with Crippen LogP contribution in [0.25, 0.3) is 0 Å². The first-order valence-electron chi connectivity index (χ1n) is 4.03. The monoisotopic (exact) mass is 236 g/mol. The van der Waals surface area contributed by atoms with Gasteiger partial charge >= 0.3 is 5.97 Å². The molecule has 4 nitrogen and oxygen atoms in total. The summed E-state index contributed by atoms with van der Waals surface area (Å²) in [5.74, 6) is -0.384. The van der Waals surface area contributed by atoms with Crippen LogP contribution >= 0.6 is 23.7 Å². The minimum atomic E-state index is -0.384. The molecule has 0 unspecified atom stereocenters. The lowest BCUT2D eigenvalue weighted by Gasteiger charge is -1.98. The molecule has 0 bridgehead atoms. The van der Waals surface area contributed by atoms with Gasteiger partial charge in [-0.2, -0.15) is 0 Å². The second-order valence-corrected chi connectivity index (χ2v) is 3.47. The van der Waals surface area contributed by atoms with E-state index in [0.29, 0.717) is 12.3 Å². The molecule has 14 heavy (non-hydrogen) atoms. The zero-order chi connectivity index (χ0) is 9.84. The number of carbonyl (C=O) groups excluding carboxylic acids is 1. The summed E-state index contributed by atoms with van der Waals surface area (Å²) in [5.41, 5.74) is 5.94. The second-order valence-electron chi connectivity index (χ2n) is 2.58. The molecule has 1 aromatic heterocycles. The van der Waals surface area contributed by atoms with Crippen LogP contribution in [0.4, 0.5) is 0 Å². The molecule has 2 N–H and O–H groups in total. The highest BCUT2D eigenvalue weighted by atomic mass is 35.5. The quantitative estimate of drug-likeness (QED) is 0.813. The van der Waals surface area contributed by atoms with Crippen molar-refractivity contribution < 1.29 is 9.53 Å². The fraction of sp³-hybridized carbons (Fsp3) is 0.500. The topological polar surface area (TPSA) is 65.2 Å². The Bertz CT molecular complexity index is 301. The number of carbonyl (C=O) groups is 1. The number of hydrogen-bond acceptors (Lipinski definition) is 5. The van der Waals surface area contributed by atoms with E-state index in [1.165, 1.54) is 11.3 Å². The van der Waals surface area contributed by atoms with Crippen molar-refractivity contribution in [1.82, 2.24) is 4.98 Å². The fourth-order valence-electron chi connectivity index (χ4n) is 0.796. The van der Waals surface area contributed by atoms with E-state index in [1.807, 2.05) is 6.92 Å². The predicted molar refractivity (Wildman–Crippen MR) is 57.9 cm³/mol. The molecule has 0 aliphatic heterocycles. The number of aromatic nitrogens is 1. The van der Waals surface area contributed by atoms with E-state index in [-0.39, 0.29) is 24.4 Å². The zero-order valence-electron chi connectivity index (χ0n) is 8.02. The van der Waals surface area contributed by atoms with Gasteiger partial charge in [-0.25, -0.2) is 9.78 Å². The third-order valence-corrected chi connectivity index (χ3v) is 2.44. The van der Waals surface area contributed by atoms with Crippen LogP contribution in [0.2, 0.25) is 0 Å². The number of halogens is 1. The van der Waals surface area contributed by atoms with E-state index < -0.39 is 0 Å². The molecule has 1 aromatic rings. The largest absolute Gasteiger partial charge is 0.461 e. The van der Waals surface area contributed by atoms with Gasteiger partial charge in [-0.3, -0.25) is 0 Å². The minimum absolute atomic E-state index is 0. The Balaban J connectivity index is 0.00000169. The van der Waals surface area contributed by atoms with Crippen LogP contribution in [0.1, 0.15) is 35.4 Å². The fourth-order valence-corrected chi connectivity index (χ4v) is 1.54. The summed E-state index contributed by atoms with van der Waals surface area (Å²) in [7, 11) is 0. The maximum Gasteiger partial charge on any atom is 0.357 e. The molecule has 0 spiro atoms. The molecule has 0 amide bonds. The van der Waals surface area contributed by atoms with E-state index in [4.69, 9.17) is 10.5 Å². The third-order valence-electron chi connectivity index (χ3n) is 1.40. The lowest BCUT2D eigenvalue weighted by molar-refractivity contribution is 0.0520. The molecule has 0 aromatic carbocycles. The summed E-state index contributed by atoms with van der Waals surface area (Å²) >= 11 is 1.37. The van der Waals surface area contributed by atoms with Crippen LogP contribution in [0.15, 0.2) is 5.38 Å². The molecule has 0 aliphatic rings. The Labute approximate surface area is 92.9 Å². The van der Waals surface area contributed by atoms with Crippen molar-refractivity contribution in [3.05, 3.63) is 16.1 Å². The van der Waals surface area contributed by atoms with E-state index in [2.05, 4.69) is 4.98 Å². The average Bonchev–Trinajstić information content (AvgIpc) is 2.52.